The van der Waals surface area contributed by atoms with Crippen molar-refractivity contribution >= 4 is 11.9 Å². The molecule has 0 aliphatic rings. The average Bonchev–Trinajstić information content (AvgIpc) is 3.10. The van der Waals surface area contributed by atoms with Gasteiger partial charge in [-0.3, -0.25) is 9.48 Å². The second kappa shape index (κ2) is 8.21. The number of esters is 1. The number of methoxy groups -OCH3 is 1. The number of carbonyl (C=O) groups excluding carboxylic acids is 2. The second-order valence-corrected chi connectivity index (χ2v) is 6.75. The van der Waals surface area contributed by atoms with Crippen LogP contribution in [0.15, 0.2) is 6.07 Å². The van der Waals surface area contributed by atoms with Crippen molar-refractivity contribution in [2.45, 2.75) is 47.6 Å². The van der Waals surface area contributed by atoms with Gasteiger partial charge < -0.3 is 15.0 Å². The molecule has 0 fully saturated rings. The molecule has 2 rings (SSSR count). The molecule has 2 heterocycles. The first-order valence-corrected chi connectivity index (χ1v) is 8.87. The molecular weight excluding hydrogens is 332 g/mol. The van der Waals surface area contributed by atoms with Gasteiger partial charge in [0.1, 0.15) is 5.69 Å². The molecule has 0 radical (unpaired) electrons. The number of nitrogens with one attached hydrogen (secondary N) is 2. The Morgan fingerprint density at radius 3 is 2.58 bits per heavy atom. The first-order valence-electron chi connectivity index (χ1n) is 8.87. The van der Waals surface area contributed by atoms with Gasteiger partial charge in [0.25, 0.3) is 5.91 Å². The lowest BCUT2D eigenvalue weighted by Gasteiger charge is -2.14. The molecule has 142 valence electrons. The number of nitrogens with zero attached hydrogens (tertiary/aromatic N) is 2. The van der Waals surface area contributed by atoms with E-state index in [2.05, 4.69) is 22.3 Å². The van der Waals surface area contributed by atoms with Gasteiger partial charge in [-0.2, -0.15) is 5.10 Å². The third-order valence-corrected chi connectivity index (χ3v) is 4.50. The highest BCUT2D eigenvalue weighted by molar-refractivity contribution is 6.00. The van der Waals surface area contributed by atoms with Gasteiger partial charge in [-0.1, -0.05) is 13.8 Å². The number of aromatic amines is 1. The van der Waals surface area contributed by atoms with Crippen molar-refractivity contribution in [2.75, 3.05) is 13.7 Å². The fourth-order valence-corrected chi connectivity index (χ4v) is 3.10. The lowest BCUT2D eigenvalue weighted by Crippen LogP contribution is -2.31. The highest BCUT2D eigenvalue weighted by atomic mass is 16.5. The van der Waals surface area contributed by atoms with Crippen molar-refractivity contribution in [3.63, 3.8) is 0 Å². The largest absolute Gasteiger partial charge is 0.465 e. The molecule has 2 aromatic heterocycles. The molecule has 7 nitrogen and oxygen atoms in total. The average molecular weight is 360 g/mol. The number of ether oxygens (including phenoxy) is 1. The Balaban J connectivity index is 2.04. The number of aromatic nitrogens is 3. The van der Waals surface area contributed by atoms with Crippen LogP contribution < -0.4 is 5.32 Å². The standard InChI is InChI=1S/C19H28N4O3/c1-7-15-16(19(25)26-6)14(5)17(21-15)18(24)20-9-11(2)10-23-13(4)8-12(3)22-23/h8,11,21H,7,9-10H2,1-6H3,(H,20,24). The Bertz CT molecular complexity index is 804. The zero-order valence-corrected chi connectivity index (χ0v) is 16.4. The van der Waals surface area contributed by atoms with E-state index in [4.69, 9.17) is 4.74 Å². The van der Waals surface area contributed by atoms with Gasteiger partial charge in [-0.25, -0.2) is 4.79 Å². The van der Waals surface area contributed by atoms with Crippen LogP contribution in [0.3, 0.4) is 0 Å². The van der Waals surface area contributed by atoms with E-state index in [0.717, 1.165) is 23.6 Å². The van der Waals surface area contributed by atoms with Gasteiger partial charge in [0.2, 0.25) is 0 Å². The van der Waals surface area contributed by atoms with Gasteiger partial charge in [0.05, 0.1) is 18.4 Å². The molecule has 2 aromatic rings. The van der Waals surface area contributed by atoms with Crippen molar-refractivity contribution in [1.29, 1.82) is 0 Å². The normalized spacial score (nSPS) is 12.1. The molecule has 0 aliphatic heterocycles. The molecular formula is C19H28N4O3. The summed E-state index contributed by atoms with van der Waals surface area (Å²) in [7, 11) is 1.34. The summed E-state index contributed by atoms with van der Waals surface area (Å²) in [5.41, 5.74) is 4.31. The summed E-state index contributed by atoms with van der Waals surface area (Å²) in [6, 6.07) is 2.04. The molecule has 1 unspecified atom stereocenters. The molecule has 2 N–H and O–H groups in total. The second-order valence-electron chi connectivity index (χ2n) is 6.75. The van der Waals surface area contributed by atoms with Gasteiger partial charge in [0.15, 0.2) is 0 Å². The minimum atomic E-state index is -0.424. The summed E-state index contributed by atoms with van der Waals surface area (Å²) in [4.78, 5) is 27.6. The predicted molar refractivity (Wildman–Crippen MR) is 99.4 cm³/mol. The molecule has 0 spiro atoms. The first kappa shape index (κ1) is 19.8. The molecule has 0 bridgehead atoms. The number of H-pyrrole nitrogens is 1. The van der Waals surface area contributed by atoms with Crippen LogP contribution in [-0.4, -0.2) is 40.3 Å². The fourth-order valence-electron chi connectivity index (χ4n) is 3.10. The summed E-state index contributed by atoms with van der Waals surface area (Å²) >= 11 is 0. The Hall–Kier alpha value is -2.57. The topological polar surface area (TPSA) is 89.0 Å². The maximum atomic E-state index is 12.6. The van der Waals surface area contributed by atoms with E-state index in [1.165, 1.54) is 7.11 Å². The van der Waals surface area contributed by atoms with Crippen molar-refractivity contribution < 1.29 is 14.3 Å². The van der Waals surface area contributed by atoms with E-state index < -0.39 is 5.97 Å². The van der Waals surface area contributed by atoms with Crippen LogP contribution in [0.5, 0.6) is 0 Å². The summed E-state index contributed by atoms with van der Waals surface area (Å²) in [5, 5.41) is 7.40. The summed E-state index contributed by atoms with van der Waals surface area (Å²) in [6.45, 7) is 11.0. The number of aryl methyl sites for hydroxylation is 3. The van der Waals surface area contributed by atoms with Crippen molar-refractivity contribution in [2.24, 2.45) is 5.92 Å². The van der Waals surface area contributed by atoms with Crippen molar-refractivity contribution in [3.05, 3.63) is 40.0 Å². The molecule has 0 aromatic carbocycles. The van der Waals surface area contributed by atoms with E-state index >= 15 is 0 Å². The number of hydrogen-bond donors (Lipinski definition) is 2. The van der Waals surface area contributed by atoms with Crippen LogP contribution in [-0.2, 0) is 17.7 Å². The van der Waals surface area contributed by atoms with E-state index in [0.29, 0.717) is 29.8 Å². The summed E-state index contributed by atoms with van der Waals surface area (Å²) in [5.74, 6) is -0.418. The monoisotopic (exact) mass is 360 g/mol. The molecule has 0 saturated heterocycles. The first-order chi connectivity index (χ1) is 12.3. The van der Waals surface area contributed by atoms with Crippen LogP contribution in [0.2, 0.25) is 0 Å². The lowest BCUT2D eigenvalue weighted by atomic mass is 10.1. The van der Waals surface area contributed by atoms with E-state index in [9.17, 15) is 9.59 Å². The summed E-state index contributed by atoms with van der Waals surface area (Å²) in [6.07, 6.45) is 0.618. The molecule has 0 saturated carbocycles. The van der Waals surface area contributed by atoms with Crippen LogP contribution in [0.4, 0.5) is 0 Å². The minimum Gasteiger partial charge on any atom is -0.465 e. The predicted octanol–water partition coefficient (Wildman–Crippen LogP) is 2.55. The quantitative estimate of drug-likeness (QED) is 0.743. The van der Waals surface area contributed by atoms with Gasteiger partial charge in [-0.15, -0.1) is 0 Å². The van der Waals surface area contributed by atoms with E-state index in [1.54, 1.807) is 6.92 Å². The Kier molecular flexibility index (Phi) is 6.23. The van der Waals surface area contributed by atoms with Crippen molar-refractivity contribution in [1.82, 2.24) is 20.1 Å². The van der Waals surface area contributed by atoms with Gasteiger partial charge in [-0.05, 0) is 44.7 Å². The molecule has 1 amide bonds. The third kappa shape index (κ3) is 4.15. The minimum absolute atomic E-state index is 0.215. The van der Waals surface area contributed by atoms with Crippen molar-refractivity contribution in [3.8, 4) is 0 Å². The number of rotatable bonds is 7. The highest BCUT2D eigenvalue weighted by Crippen LogP contribution is 2.20. The number of amides is 1. The van der Waals surface area contributed by atoms with Crippen LogP contribution in [0, 0.1) is 26.7 Å². The Labute approximate surface area is 154 Å². The van der Waals surface area contributed by atoms with E-state index in [1.807, 2.05) is 31.5 Å². The zero-order valence-electron chi connectivity index (χ0n) is 16.4. The molecule has 26 heavy (non-hydrogen) atoms. The maximum Gasteiger partial charge on any atom is 0.339 e. The van der Waals surface area contributed by atoms with Crippen LogP contribution in [0.25, 0.3) is 0 Å². The van der Waals surface area contributed by atoms with Crippen LogP contribution in [0.1, 0.15) is 57.3 Å². The summed E-state index contributed by atoms with van der Waals surface area (Å²) < 4.78 is 6.79. The molecule has 1 atom stereocenters. The Morgan fingerprint density at radius 2 is 2.04 bits per heavy atom. The SMILES string of the molecule is CCc1[nH]c(C(=O)NCC(C)Cn2nc(C)cc2C)c(C)c1C(=O)OC. The maximum absolute atomic E-state index is 12.6. The van der Waals surface area contributed by atoms with E-state index in [-0.39, 0.29) is 11.8 Å². The fraction of sp³-hybridized carbons (Fsp3) is 0.526. The van der Waals surface area contributed by atoms with Gasteiger partial charge in [0, 0.05) is 24.5 Å². The lowest BCUT2D eigenvalue weighted by molar-refractivity contribution is 0.0599. The zero-order chi connectivity index (χ0) is 19.4. The number of carbonyl (C=O) groups is 2. The van der Waals surface area contributed by atoms with Crippen LogP contribution >= 0.6 is 0 Å². The molecule has 7 heteroatoms. The smallest absolute Gasteiger partial charge is 0.339 e. The third-order valence-electron chi connectivity index (χ3n) is 4.50. The van der Waals surface area contributed by atoms with Gasteiger partial charge >= 0.3 is 5.97 Å². The number of hydrogen-bond acceptors (Lipinski definition) is 4. The Morgan fingerprint density at radius 1 is 1.35 bits per heavy atom. The highest BCUT2D eigenvalue weighted by Gasteiger charge is 2.23. The molecule has 0 aliphatic carbocycles.